The van der Waals surface area contributed by atoms with E-state index in [4.69, 9.17) is 28.3 Å². The Kier molecular flexibility index (Phi) is 9.19. The van der Waals surface area contributed by atoms with Crippen molar-refractivity contribution >= 4 is 96.8 Å². The van der Waals surface area contributed by atoms with Gasteiger partial charge in [0.15, 0.2) is 5.69 Å². The number of nitro groups is 2. The first-order valence-electron chi connectivity index (χ1n) is 19.2. The molecule has 9 rings (SSSR count). The van der Waals surface area contributed by atoms with E-state index in [1.807, 2.05) is 19.1 Å². The van der Waals surface area contributed by atoms with Gasteiger partial charge in [-0.1, -0.05) is 40.9 Å². The number of allylic oxidation sites excluding steroid dienone is 2. The third-order valence-corrected chi connectivity index (χ3v) is 14.8. The summed E-state index contributed by atoms with van der Waals surface area (Å²) in [5.74, 6) is -7.23. The molecule has 4 aliphatic rings. The summed E-state index contributed by atoms with van der Waals surface area (Å²) in [5, 5.41) is 41.2. The highest BCUT2D eigenvalue weighted by molar-refractivity contribution is 7.22. The van der Waals surface area contributed by atoms with E-state index in [1.165, 1.54) is 47.1 Å². The Bertz CT molecular complexity index is 2850. The van der Waals surface area contributed by atoms with Crippen LogP contribution >= 0.6 is 34.5 Å². The molecule has 3 aromatic carbocycles. The molecular weight excluding hydrogens is 849 g/mol. The number of imide groups is 2. The van der Waals surface area contributed by atoms with Gasteiger partial charge in [-0.2, -0.15) is 5.10 Å². The number of phenols is 1. The van der Waals surface area contributed by atoms with E-state index in [-0.39, 0.29) is 40.8 Å². The molecule has 2 aromatic heterocycles. The van der Waals surface area contributed by atoms with E-state index < -0.39 is 79.9 Å². The third-order valence-electron chi connectivity index (χ3n) is 12.9. The molecule has 3 fully saturated rings. The second kappa shape index (κ2) is 13.9. The summed E-state index contributed by atoms with van der Waals surface area (Å²) in [6.45, 7) is 3.65. The minimum absolute atomic E-state index is 0.0234. The average molecular weight is 885 g/mol. The number of aryl methyl sites for hydroxylation is 2. The predicted molar refractivity (Wildman–Crippen MR) is 228 cm³/mol. The molecule has 61 heavy (non-hydrogen) atoms. The van der Waals surface area contributed by atoms with Gasteiger partial charge in [0, 0.05) is 60.0 Å². The molecule has 2 saturated heterocycles. The van der Waals surface area contributed by atoms with Crippen LogP contribution in [-0.2, 0) is 26.2 Å². The fourth-order valence-electron chi connectivity index (χ4n) is 10.3. The van der Waals surface area contributed by atoms with Gasteiger partial charge >= 0.3 is 11.4 Å². The fourth-order valence-corrected chi connectivity index (χ4v) is 11.9. The standard InChI is InChI=1S/C42H35Cl2N7O9S/c1-18-25-12-19(43)6-11-32(25)61-37(18)29-17-33(47(5)45-29)49-39(54)27-16-26-22(35(42(27,2)41(49)56)23-8-7-21(52)15-28(23)44)9-10-24-34(26)40(55)48(38(24)53)20-13-30(50(57)58)36(46(3)4)31(14-20)51(59)60/h6-9,11-15,17,24,26-27,34-35,52H,10,16H2,1-5H3/t24-,26+,27-,34-,35+,42+/m0/s1. The van der Waals surface area contributed by atoms with Gasteiger partial charge in [0.1, 0.15) is 17.3 Å². The van der Waals surface area contributed by atoms with Gasteiger partial charge in [-0.15, -0.1) is 11.3 Å². The Hall–Kier alpha value is -6.17. The first kappa shape index (κ1) is 40.2. The summed E-state index contributed by atoms with van der Waals surface area (Å²) in [6.07, 6.45) is 1.81. The number of nitro benzene ring substituents is 2. The summed E-state index contributed by atoms with van der Waals surface area (Å²) in [5.41, 5.74) is -0.942. The number of amides is 4. The summed E-state index contributed by atoms with van der Waals surface area (Å²) >= 11 is 14.7. The summed E-state index contributed by atoms with van der Waals surface area (Å²) in [4.78, 5) is 85.9. The van der Waals surface area contributed by atoms with Crippen molar-refractivity contribution in [3.8, 4) is 16.3 Å². The lowest BCUT2D eigenvalue weighted by molar-refractivity contribution is -0.392. The molecule has 312 valence electrons. The molecular formula is C42H35Cl2N7O9S. The number of halogens is 2. The van der Waals surface area contributed by atoms with E-state index in [9.17, 15) is 39.7 Å². The molecule has 0 bridgehead atoms. The number of aromatic hydroxyl groups is 1. The highest BCUT2D eigenvalue weighted by Crippen LogP contribution is 2.64. The lowest BCUT2D eigenvalue weighted by Gasteiger charge is -2.49. The van der Waals surface area contributed by atoms with Crippen molar-refractivity contribution in [2.75, 3.05) is 28.8 Å². The highest BCUT2D eigenvalue weighted by Gasteiger charge is 2.68. The Morgan fingerprint density at radius 2 is 1.61 bits per heavy atom. The van der Waals surface area contributed by atoms with Gasteiger partial charge in [-0.3, -0.25) is 44.1 Å². The number of hydrogen-bond donors (Lipinski definition) is 1. The van der Waals surface area contributed by atoms with Gasteiger partial charge in [-0.05, 0) is 79.5 Å². The van der Waals surface area contributed by atoms with Crippen LogP contribution in [0.4, 0.5) is 28.6 Å². The molecule has 0 radical (unpaired) electrons. The number of phenolic OH excluding ortho intramolecular Hbond substituents is 1. The van der Waals surface area contributed by atoms with Crippen molar-refractivity contribution in [3.05, 3.63) is 108 Å². The van der Waals surface area contributed by atoms with Crippen molar-refractivity contribution in [1.82, 2.24) is 9.78 Å². The van der Waals surface area contributed by atoms with Gasteiger partial charge in [0.25, 0.3) is 0 Å². The zero-order chi connectivity index (χ0) is 43.7. The van der Waals surface area contributed by atoms with E-state index in [0.29, 0.717) is 21.9 Å². The first-order valence-corrected chi connectivity index (χ1v) is 20.7. The Morgan fingerprint density at radius 3 is 2.25 bits per heavy atom. The fraction of sp³-hybridized carbons (Fsp3) is 0.310. The first-order chi connectivity index (χ1) is 28.8. The number of carbonyl (C=O) groups excluding carboxylic acids is 4. The maximum absolute atomic E-state index is 15.2. The average Bonchev–Trinajstić information content (AvgIpc) is 3.87. The Morgan fingerprint density at radius 1 is 0.918 bits per heavy atom. The summed E-state index contributed by atoms with van der Waals surface area (Å²) in [6, 6.07) is 13.6. The maximum atomic E-state index is 15.2. The van der Waals surface area contributed by atoms with Crippen LogP contribution in [0.15, 0.2) is 66.2 Å². The van der Waals surface area contributed by atoms with E-state index in [1.54, 1.807) is 38.2 Å². The lowest BCUT2D eigenvalue weighted by atomic mass is 9.51. The molecule has 4 heterocycles. The van der Waals surface area contributed by atoms with Crippen molar-refractivity contribution < 1.29 is 34.1 Å². The highest BCUT2D eigenvalue weighted by atomic mass is 35.5. The molecule has 19 heteroatoms. The Labute approximate surface area is 360 Å². The minimum Gasteiger partial charge on any atom is -0.508 e. The number of carbonyl (C=O) groups is 4. The largest absolute Gasteiger partial charge is 0.508 e. The number of benzene rings is 3. The quantitative estimate of drug-likeness (QED) is 0.0720. The van der Waals surface area contributed by atoms with Crippen LogP contribution in [0.2, 0.25) is 10.0 Å². The van der Waals surface area contributed by atoms with E-state index >= 15 is 4.79 Å². The predicted octanol–water partition coefficient (Wildman–Crippen LogP) is 7.94. The number of nitrogens with zero attached hydrogens (tertiary/aromatic N) is 7. The van der Waals surface area contributed by atoms with Gasteiger partial charge in [0.05, 0.1) is 43.6 Å². The molecule has 1 N–H and O–H groups in total. The van der Waals surface area contributed by atoms with Gasteiger partial charge in [0.2, 0.25) is 23.6 Å². The van der Waals surface area contributed by atoms with Crippen LogP contribution in [-0.4, -0.2) is 62.5 Å². The molecule has 4 amide bonds. The molecule has 6 atom stereocenters. The molecule has 16 nitrogen and oxygen atoms in total. The minimum atomic E-state index is -1.48. The maximum Gasteiger partial charge on any atom is 0.301 e. The molecule has 5 aromatic rings. The number of thiophene rings is 1. The number of hydrogen-bond acceptors (Lipinski definition) is 12. The monoisotopic (exact) mass is 883 g/mol. The van der Waals surface area contributed by atoms with Crippen LogP contribution in [0.1, 0.15) is 36.8 Å². The molecule has 1 saturated carbocycles. The smallest absolute Gasteiger partial charge is 0.301 e. The molecule has 0 spiro atoms. The summed E-state index contributed by atoms with van der Waals surface area (Å²) < 4.78 is 2.46. The topological polar surface area (TPSA) is 202 Å². The van der Waals surface area contributed by atoms with Crippen LogP contribution in [0, 0.1) is 56.2 Å². The van der Waals surface area contributed by atoms with Gasteiger partial charge < -0.3 is 10.0 Å². The SMILES string of the molecule is Cc1c(-c2cc(N3C(=O)[C@@H]4C[C@@H]5C(=CC[C@@H]6C(=O)N(c7cc([N+](=O)[O-])c(N(C)C)c([N+](=O)[O-])c7)C(=O)[C@@H]65)[C@H](c5ccc(O)cc5Cl)[C@]4(C)C3=O)n(C)n2)sc2ccc(Cl)cc12. The van der Waals surface area contributed by atoms with Crippen LogP contribution < -0.4 is 14.7 Å². The molecule has 2 aliphatic carbocycles. The van der Waals surface area contributed by atoms with Gasteiger partial charge in [-0.25, -0.2) is 9.80 Å². The van der Waals surface area contributed by atoms with E-state index in [0.717, 1.165) is 42.5 Å². The van der Waals surface area contributed by atoms with Crippen LogP contribution in [0.5, 0.6) is 5.75 Å². The van der Waals surface area contributed by atoms with Crippen molar-refractivity contribution in [2.24, 2.45) is 36.1 Å². The molecule has 0 unspecified atom stereocenters. The zero-order valence-corrected chi connectivity index (χ0v) is 35.4. The van der Waals surface area contributed by atoms with Crippen molar-refractivity contribution in [3.63, 3.8) is 0 Å². The Balaban J connectivity index is 1.15. The number of fused-ring (bicyclic) bond motifs is 5. The second-order valence-electron chi connectivity index (χ2n) is 16.3. The summed E-state index contributed by atoms with van der Waals surface area (Å²) in [7, 11) is 4.45. The van der Waals surface area contributed by atoms with Crippen LogP contribution in [0.25, 0.3) is 20.7 Å². The van der Waals surface area contributed by atoms with E-state index in [2.05, 4.69) is 0 Å². The van der Waals surface area contributed by atoms with Crippen LogP contribution in [0.3, 0.4) is 0 Å². The van der Waals surface area contributed by atoms with Crippen molar-refractivity contribution in [1.29, 1.82) is 0 Å². The number of rotatable bonds is 7. The molecule has 2 aliphatic heterocycles. The normalized spacial score (nSPS) is 24.6. The lowest BCUT2D eigenvalue weighted by Crippen LogP contribution is -2.49. The zero-order valence-electron chi connectivity index (χ0n) is 33.1. The number of anilines is 3. The third kappa shape index (κ3) is 5.73. The van der Waals surface area contributed by atoms with Crippen molar-refractivity contribution in [2.45, 2.75) is 32.6 Å². The second-order valence-corrected chi connectivity index (χ2v) is 18.2. The number of aromatic nitrogens is 2.